The Hall–Kier alpha value is -0.730. The van der Waals surface area contributed by atoms with E-state index in [2.05, 4.69) is 10.6 Å². The molecule has 1 saturated heterocycles. The minimum Gasteiger partial charge on any atom is -0.354 e. The quantitative estimate of drug-likeness (QED) is 0.746. The third kappa shape index (κ3) is 6.16. The molecule has 4 nitrogen and oxygen atoms in total. The molecule has 1 aromatic rings. The van der Waals surface area contributed by atoms with E-state index in [4.69, 9.17) is 23.2 Å². The zero-order chi connectivity index (χ0) is 18.6. The molecule has 0 spiro atoms. The highest BCUT2D eigenvalue weighted by atomic mass is 35.5. The Balaban J connectivity index is 0.00000338. The van der Waals surface area contributed by atoms with Crippen LogP contribution >= 0.6 is 35.6 Å². The molecule has 1 aliphatic heterocycles. The zero-order valence-electron chi connectivity index (χ0n) is 14.1. The summed E-state index contributed by atoms with van der Waals surface area (Å²) in [5.41, 5.74) is 0.595. The summed E-state index contributed by atoms with van der Waals surface area (Å²) in [4.78, 5) is 13.6. The van der Waals surface area contributed by atoms with E-state index in [-0.39, 0.29) is 12.4 Å². The Bertz CT molecular complexity index is 610. The van der Waals surface area contributed by atoms with Gasteiger partial charge in [-0.3, -0.25) is 9.69 Å². The van der Waals surface area contributed by atoms with Gasteiger partial charge in [-0.2, -0.15) is 13.2 Å². The number of carbonyl (C=O) groups excluding carboxylic acids is 1. The fraction of sp³-hybridized carbons (Fsp3) is 0.562. The van der Waals surface area contributed by atoms with E-state index in [0.717, 1.165) is 0 Å². The predicted molar refractivity (Wildman–Crippen MR) is 99.4 cm³/mol. The van der Waals surface area contributed by atoms with Crippen LogP contribution in [0.2, 0.25) is 10.0 Å². The fourth-order valence-electron chi connectivity index (χ4n) is 2.73. The Morgan fingerprint density at radius 1 is 1.27 bits per heavy atom. The molecule has 2 N–H and O–H groups in total. The largest absolute Gasteiger partial charge is 0.405 e. The van der Waals surface area contributed by atoms with Crippen molar-refractivity contribution in [3.63, 3.8) is 0 Å². The highest BCUT2D eigenvalue weighted by molar-refractivity contribution is 6.42. The van der Waals surface area contributed by atoms with E-state index in [1.807, 2.05) is 0 Å². The number of rotatable bonds is 5. The van der Waals surface area contributed by atoms with Gasteiger partial charge in [0.1, 0.15) is 6.04 Å². The predicted octanol–water partition coefficient (Wildman–Crippen LogP) is 3.47. The van der Waals surface area contributed by atoms with E-state index in [0.29, 0.717) is 41.8 Å². The lowest BCUT2D eigenvalue weighted by atomic mass is 10.0. The number of nitrogens with one attached hydrogen (secondary N) is 2. The highest BCUT2D eigenvalue weighted by Gasteiger charge is 2.44. The Morgan fingerprint density at radius 2 is 1.88 bits per heavy atom. The molecule has 2 unspecified atom stereocenters. The Labute approximate surface area is 166 Å². The van der Waals surface area contributed by atoms with Gasteiger partial charge in [-0.1, -0.05) is 29.3 Å². The average Bonchev–Trinajstić information content (AvgIpc) is 2.56. The minimum absolute atomic E-state index is 0. The number of halogens is 6. The Morgan fingerprint density at radius 3 is 2.42 bits per heavy atom. The van der Waals surface area contributed by atoms with Crippen molar-refractivity contribution in [3.05, 3.63) is 33.8 Å². The van der Waals surface area contributed by atoms with Crippen molar-refractivity contribution >= 4 is 41.5 Å². The molecule has 0 saturated carbocycles. The van der Waals surface area contributed by atoms with Gasteiger partial charge < -0.3 is 10.6 Å². The highest BCUT2D eigenvalue weighted by Crippen LogP contribution is 2.27. The molecule has 1 amide bonds. The van der Waals surface area contributed by atoms with Gasteiger partial charge in [0, 0.05) is 32.7 Å². The molecule has 10 heteroatoms. The number of amides is 1. The fourth-order valence-corrected chi connectivity index (χ4v) is 3.04. The summed E-state index contributed by atoms with van der Waals surface area (Å²) in [7, 11) is 0. The van der Waals surface area contributed by atoms with Crippen LogP contribution in [0.15, 0.2) is 18.2 Å². The SMILES string of the molecule is CC(C(=O)NCC(N1CCNCC1)C(F)(F)F)c1ccc(Cl)c(Cl)c1.Cl. The molecular weight excluding hydrogens is 414 g/mol. The standard InChI is InChI=1S/C16H20Cl2F3N3O.ClH/c1-10(11-2-3-12(17)13(18)8-11)15(25)23-9-14(16(19,20)21)24-6-4-22-5-7-24;/h2-3,8,10,14,22H,4-7,9H2,1H3,(H,23,25);1H. The second-order valence-electron chi connectivity index (χ2n) is 5.98. The molecule has 0 aromatic heterocycles. The molecule has 1 aliphatic rings. The zero-order valence-corrected chi connectivity index (χ0v) is 16.4. The summed E-state index contributed by atoms with van der Waals surface area (Å²) in [5, 5.41) is 6.09. The summed E-state index contributed by atoms with van der Waals surface area (Å²) in [5.74, 6) is -1.12. The van der Waals surface area contributed by atoms with E-state index in [1.165, 1.54) is 4.90 Å². The number of nitrogens with zero attached hydrogens (tertiary/aromatic N) is 1. The van der Waals surface area contributed by atoms with Gasteiger partial charge in [0.15, 0.2) is 0 Å². The van der Waals surface area contributed by atoms with E-state index < -0.39 is 30.6 Å². The molecule has 2 atom stereocenters. The molecule has 1 fully saturated rings. The van der Waals surface area contributed by atoms with Crippen molar-refractivity contribution < 1.29 is 18.0 Å². The molecule has 0 radical (unpaired) electrons. The van der Waals surface area contributed by atoms with Gasteiger partial charge in [0.2, 0.25) is 5.91 Å². The van der Waals surface area contributed by atoms with Crippen LogP contribution in [0.3, 0.4) is 0 Å². The van der Waals surface area contributed by atoms with Gasteiger partial charge >= 0.3 is 6.18 Å². The second kappa shape index (κ2) is 9.99. The number of hydrogen-bond acceptors (Lipinski definition) is 3. The number of piperazine rings is 1. The maximum absolute atomic E-state index is 13.3. The molecule has 0 aliphatic carbocycles. The van der Waals surface area contributed by atoms with Crippen LogP contribution in [0.4, 0.5) is 13.2 Å². The van der Waals surface area contributed by atoms with Crippen LogP contribution < -0.4 is 10.6 Å². The lowest BCUT2D eigenvalue weighted by Crippen LogP contribution is -2.57. The van der Waals surface area contributed by atoms with Gasteiger partial charge in [-0.25, -0.2) is 0 Å². The van der Waals surface area contributed by atoms with Crippen LogP contribution in [0.25, 0.3) is 0 Å². The molecule has 2 rings (SSSR count). The summed E-state index contributed by atoms with van der Waals surface area (Å²) < 4.78 is 40.0. The van der Waals surface area contributed by atoms with Gasteiger partial charge in [0.25, 0.3) is 0 Å². The van der Waals surface area contributed by atoms with Crippen molar-refractivity contribution in [2.24, 2.45) is 0 Å². The minimum atomic E-state index is -4.41. The molecule has 26 heavy (non-hydrogen) atoms. The third-order valence-corrected chi connectivity index (χ3v) is 5.02. The summed E-state index contributed by atoms with van der Waals surface area (Å²) in [6.07, 6.45) is -4.41. The third-order valence-electron chi connectivity index (χ3n) is 4.28. The van der Waals surface area contributed by atoms with Gasteiger partial charge in [-0.15, -0.1) is 12.4 Å². The van der Waals surface area contributed by atoms with Crippen molar-refractivity contribution in [1.82, 2.24) is 15.5 Å². The summed E-state index contributed by atoms with van der Waals surface area (Å²) >= 11 is 11.8. The van der Waals surface area contributed by atoms with Crippen LogP contribution in [-0.4, -0.2) is 55.7 Å². The number of carbonyl (C=O) groups is 1. The molecule has 1 aromatic carbocycles. The number of alkyl halides is 3. The molecule has 1 heterocycles. The smallest absolute Gasteiger partial charge is 0.354 e. The topological polar surface area (TPSA) is 44.4 Å². The first-order valence-electron chi connectivity index (χ1n) is 7.94. The first kappa shape index (κ1) is 23.3. The van der Waals surface area contributed by atoms with Crippen LogP contribution in [-0.2, 0) is 4.79 Å². The molecule has 0 bridgehead atoms. The number of benzene rings is 1. The lowest BCUT2D eigenvalue weighted by Gasteiger charge is -2.36. The van der Waals surface area contributed by atoms with E-state index in [1.54, 1.807) is 25.1 Å². The maximum atomic E-state index is 13.3. The lowest BCUT2D eigenvalue weighted by molar-refractivity contribution is -0.184. The average molecular weight is 435 g/mol. The monoisotopic (exact) mass is 433 g/mol. The van der Waals surface area contributed by atoms with Crippen molar-refractivity contribution in [3.8, 4) is 0 Å². The van der Waals surface area contributed by atoms with E-state index >= 15 is 0 Å². The summed E-state index contributed by atoms with van der Waals surface area (Å²) in [6, 6.07) is 3.05. The second-order valence-corrected chi connectivity index (χ2v) is 6.80. The van der Waals surface area contributed by atoms with Crippen LogP contribution in [0.1, 0.15) is 18.4 Å². The van der Waals surface area contributed by atoms with E-state index in [9.17, 15) is 18.0 Å². The van der Waals surface area contributed by atoms with Gasteiger partial charge in [0.05, 0.1) is 16.0 Å². The maximum Gasteiger partial charge on any atom is 0.405 e. The van der Waals surface area contributed by atoms with Crippen LogP contribution in [0, 0.1) is 0 Å². The normalized spacial score (nSPS) is 17.9. The number of hydrogen-bond donors (Lipinski definition) is 2. The first-order chi connectivity index (χ1) is 11.7. The molecule has 148 valence electrons. The van der Waals surface area contributed by atoms with Gasteiger partial charge in [-0.05, 0) is 24.6 Å². The first-order valence-corrected chi connectivity index (χ1v) is 8.70. The van der Waals surface area contributed by atoms with Crippen LogP contribution in [0.5, 0.6) is 0 Å². The van der Waals surface area contributed by atoms with Crippen molar-refractivity contribution in [2.75, 3.05) is 32.7 Å². The molecular formula is C16H21Cl3F3N3O. The summed E-state index contributed by atoms with van der Waals surface area (Å²) in [6.45, 7) is 2.72. The van der Waals surface area contributed by atoms with Crippen molar-refractivity contribution in [2.45, 2.75) is 25.1 Å². The Kier molecular flexibility index (Phi) is 8.96. The van der Waals surface area contributed by atoms with Crippen molar-refractivity contribution in [1.29, 1.82) is 0 Å².